The topological polar surface area (TPSA) is 55.6 Å². The fourth-order valence-corrected chi connectivity index (χ4v) is 6.59. The number of hydrogen-bond donors (Lipinski definition) is 1. The Morgan fingerprint density at radius 1 is 0.556 bits per heavy atom. The number of nitrogens with zero attached hydrogens (tertiary/aromatic N) is 4. The fraction of sp³-hybridized carbons (Fsp3) is 0.0250. The molecule has 0 saturated carbocycles. The normalized spacial score (nSPS) is 12.4. The van der Waals surface area contributed by atoms with E-state index in [2.05, 4.69) is 119 Å². The van der Waals surface area contributed by atoms with E-state index in [4.69, 9.17) is 15.0 Å². The Kier molecular flexibility index (Phi) is 5.81. The highest BCUT2D eigenvalue weighted by Gasteiger charge is 2.18. The Morgan fingerprint density at radius 2 is 1.20 bits per heavy atom. The van der Waals surface area contributed by atoms with Gasteiger partial charge in [-0.05, 0) is 65.7 Å². The van der Waals surface area contributed by atoms with Gasteiger partial charge >= 0.3 is 0 Å². The summed E-state index contributed by atoms with van der Waals surface area (Å²) in [5, 5.41) is 8.13. The maximum atomic E-state index is 5.02. The molecule has 5 heterocycles. The third-order valence-electron chi connectivity index (χ3n) is 8.79. The second-order valence-electron chi connectivity index (χ2n) is 11.4. The minimum atomic E-state index is 0.831. The van der Waals surface area contributed by atoms with Gasteiger partial charge in [-0.1, -0.05) is 78.9 Å². The van der Waals surface area contributed by atoms with E-state index in [-0.39, 0.29) is 0 Å². The molecule has 0 unspecified atom stereocenters. The smallest absolute Gasteiger partial charge is 0.0886 e. The number of nitrogens with one attached hydrogen (secondary N) is 1. The minimum Gasteiger partial charge on any atom is -0.387 e. The number of pyridine rings is 3. The summed E-state index contributed by atoms with van der Waals surface area (Å²) in [6.45, 7) is 0.838. The van der Waals surface area contributed by atoms with Gasteiger partial charge in [-0.2, -0.15) is 0 Å². The van der Waals surface area contributed by atoms with Gasteiger partial charge in [0.2, 0.25) is 0 Å². The predicted molar refractivity (Wildman–Crippen MR) is 184 cm³/mol. The summed E-state index contributed by atoms with van der Waals surface area (Å²) < 4.78 is 2.35. The molecule has 9 rings (SSSR count). The van der Waals surface area contributed by atoms with Crippen molar-refractivity contribution in [1.29, 1.82) is 0 Å². The minimum absolute atomic E-state index is 0.831. The lowest BCUT2D eigenvalue weighted by molar-refractivity contribution is 0.855. The van der Waals surface area contributed by atoms with Crippen molar-refractivity contribution in [2.45, 2.75) is 6.54 Å². The number of para-hydroxylation sites is 2. The molecule has 5 nitrogen and oxygen atoms in total. The number of fused-ring (bicyclic) bond motifs is 6. The van der Waals surface area contributed by atoms with E-state index in [1.54, 1.807) is 0 Å². The molecule has 1 aliphatic heterocycles. The molecule has 1 aliphatic rings. The Morgan fingerprint density at radius 3 is 1.96 bits per heavy atom. The largest absolute Gasteiger partial charge is 0.387 e. The molecule has 1 N–H and O–H groups in total. The van der Waals surface area contributed by atoms with Crippen molar-refractivity contribution in [2.24, 2.45) is 0 Å². The molecule has 212 valence electrons. The van der Waals surface area contributed by atoms with E-state index in [0.29, 0.717) is 0 Å². The molecule has 0 atom stereocenters. The van der Waals surface area contributed by atoms with Crippen LogP contribution < -0.4 is 5.32 Å². The zero-order valence-corrected chi connectivity index (χ0v) is 24.4. The quantitative estimate of drug-likeness (QED) is 0.212. The van der Waals surface area contributed by atoms with E-state index in [0.717, 1.165) is 62.3 Å². The summed E-state index contributed by atoms with van der Waals surface area (Å²) in [4.78, 5) is 14.6. The first-order valence-electron chi connectivity index (χ1n) is 15.2. The molecule has 45 heavy (non-hydrogen) atoms. The van der Waals surface area contributed by atoms with Gasteiger partial charge in [0.15, 0.2) is 0 Å². The average molecular weight is 578 g/mol. The Labute approximate surface area is 260 Å². The van der Waals surface area contributed by atoms with Gasteiger partial charge in [0, 0.05) is 57.5 Å². The first kappa shape index (κ1) is 25.4. The molecule has 0 spiro atoms. The number of hydrogen-bond acceptors (Lipinski definition) is 4. The van der Waals surface area contributed by atoms with Crippen molar-refractivity contribution in [3.8, 4) is 39.5 Å². The molecule has 0 saturated heterocycles. The maximum Gasteiger partial charge on any atom is 0.0886 e. The molecule has 4 aromatic carbocycles. The molecular formula is C40H27N5. The van der Waals surface area contributed by atoms with Gasteiger partial charge in [-0.25, -0.2) is 4.98 Å². The van der Waals surface area contributed by atoms with Crippen LogP contribution in [0.1, 0.15) is 11.3 Å². The zero-order valence-electron chi connectivity index (χ0n) is 24.4. The van der Waals surface area contributed by atoms with Gasteiger partial charge in [-0.15, -0.1) is 0 Å². The van der Waals surface area contributed by atoms with E-state index in [1.807, 2.05) is 36.8 Å². The van der Waals surface area contributed by atoms with Crippen LogP contribution in [0, 0.1) is 0 Å². The number of aromatic nitrogens is 4. The lowest BCUT2D eigenvalue weighted by Crippen LogP contribution is -2.10. The van der Waals surface area contributed by atoms with Crippen molar-refractivity contribution in [1.82, 2.24) is 24.8 Å². The third kappa shape index (κ3) is 4.20. The molecule has 0 fully saturated rings. The Bertz CT molecular complexity index is 2400. The van der Waals surface area contributed by atoms with Gasteiger partial charge in [0.05, 0.1) is 33.8 Å². The van der Waals surface area contributed by atoms with Gasteiger partial charge in [-0.3, -0.25) is 9.97 Å². The second-order valence-corrected chi connectivity index (χ2v) is 11.4. The average Bonchev–Trinajstić information content (AvgIpc) is 3.46. The summed E-state index contributed by atoms with van der Waals surface area (Å²) in [5.41, 5.74) is 11.7. The summed E-state index contributed by atoms with van der Waals surface area (Å²) in [7, 11) is 0. The molecule has 8 aromatic rings. The van der Waals surface area contributed by atoms with Crippen LogP contribution in [-0.4, -0.2) is 19.5 Å². The van der Waals surface area contributed by atoms with Crippen LogP contribution in [0.2, 0.25) is 0 Å². The van der Waals surface area contributed by atoms with Crippen LogP contribution >= 0.6 is 0 Å². The van der Waals surface area contributed by atoms with Crippen LogP contribution in [0.4, 0.5) is 0 Å². The standard InChI is InChI=1S/C40H27N5/c1-2-10-33-30(7-1)31-8-3-5-11-35(31)44-40(33)28-16-20-37(43-24-28)36-19-15-27(23-42-36)26-13-17-29(18-14-26)45-38-12-6-4-9-32(38)34-25-41-22-21-39(34)45/h1-24,41H,25H2. The molecule has 5 heteroatoms. The van der Waals surface area contributed by atoms with E-state index >= 15 is 0 Å². The molecule has 0 bridgehead atoms. The highest BCUT2D eigenvalue weighted by atomic mass is 15.0. The van der Waals surface area contributed by atoms with Crippen molar-refractivity contribution in [3.63, 3.8) is 0 Å². The number of benzene rings is 4. The monoisotopic (exact) mass is 577 g/mol. The first-order chi connectivity index (χ1) is 22.3. The van der Waals surface area contributed by atoms with E-state index in [1.165, 1.54) is 27.5 Å². The molecule has 0 aliphatic carbocycles. The Balaban J connectivity index is 1.01. The van der Waals surface area contributed by atoms with Crippen molar-refractivity contribution < 1.29 is 0 Å². The second kappa shape index (κ2) is 10.3. The van der Waals surface area contributed by atoms with Crippen LogP contribution in [0.5, 0.6) is 0 Å². The van der Waals surface area contributed by atoms with E-state index in [9.17, 15) is 0 Å². The number of rotatable bonds is 4. The summed E-state index contributed by atoms with van der Waals surface area (Å²) in [5.74, 6) is 0. The highest BCUT2D eigenvalue weighted by molar-refractivity contribution is 6.10. The summed E-state index contributed by atoms with van der Waals surface area (Å²) in [6.07, 6.45) is 8.03. The van der Waals surface area contributed by atoms with Crippen molar-refractivity contribution in [3.05, 3.63) is 151 Å². The SMILES string of the molecule is C1=Cc2c(c3ccccc3n2-c2ccc(-c3ccc(-c4ccc(-c5nc6ccccc6c6ccccc56)cn4)nc3)cc2)CN1. The predicted octanol–water partition coefficient (Wildman–Crippen LogP) is 9.20. The first-order valence-corrected chi connectivity index (χ1v) is 15.2. The van der Waals surface area contributed by atoms with E-state index < -0.39 is 0 Å². The van der Waals surface area contributed by atoms with Crippen LogP contribution in [0.3, 0.4) is 0 Å². The summed E-state index contributed by atoms with van der Waals surface area (Å²) >= 11 is 0. The van der Waals surface area contributed by atoms with Crippen molar-refractivity contribution in [2.75, 3.05) is 0 Å². The summed E-state index contributed by atoms with van der Waals surface area (Å²) in [6, 6.07) is 42.4. The third-order valence-corrected chi connectivity index (χ3v) is 8.79. The lowest BCUT2D eigenvalue weighted by Gasteiger charge is -2.13. The lowest BCUT2D eigenvalue weighted by atomic mass is 10.0. The van der Waals surface area contributed by atoms with Crippen LogP contribution in [-0.2, 0) is 6.54 Å². The molecule has 4 aromatic heterocycles. The zero-order chi connectivity index (χ0) is 29.7. The molecular weight excluding hydrogens is 550 g/mol. The van der Waals surface area contributed by atoms with Gasteiger partial charge in [0.1, 0.15) is 0 Å². The van der Waals surface area contributed by atoms with Gasteiger partial charge < -0.3 is 9.88 Å². The fourth-order valence-electron chi connectivity index (χ4n) is 6.59. The molecule has 0 radical (unpaired) electrons. The Hall–Kier alpha value is -6.07. The maximum absolute atomic E-state index is 5.02. The van der Waals surface area contributed by atoms with Crippen LogP contribution in [0.15, 0.2) is 140 Å². The van der Waals surface area contributed by atoms with Crippen LogP contribution in [0.25, 0.3) is 78.1 Å². The molecule has 0 amide bonds. The van der Waals surface area contributed by atoms with Crippen molar-refractivity contribution >= 4 is 38.7 Å². The van der Waals surface area contributed by atoms with Gasteiger partial charge in [0.25, 0.3) is 0 Å². The highest BCUT2D eigenvalue weighted by Crippen LogP contribution is 2.34.